The van der Waals surface area contributed by atoms with Gasteiger partial charge in [-0.05, 0) is 37.0 Å². The highest BCUT2D eigenvalue weighted by Gasteiger charge is 2.50. The largest absolute Gasteiger partial charge is 0.573 e. The lowest BCUT2D eigenvalue weighted by Crippen LogP contribution is -2.43. The summed E-state index contributed by atoms with van der Waals surface area (Å²) in [7, 11) is 0. The minimum Gasteiger partial charge on any atom is -0.406 e. The quantitative estimate of drug-likeness (QED) is 0.695. The van der Waals surface area contributed by atoms with Crippen molar-refractivity contribution in [2.24, 2.45) is 5.16 Å². The lowest BCUT2D eigenvalue weighted by atomic mass is 9.78. The van der Waals surface area contributed by atoms with Crippen molar-refractivity contribution < 1.29 is 32.2 Å². The molecule has 1 aromatic carbocycles. The maximum atomic E-state index is 12.3. The molecule has 27 heavy (non-hydrogen) atoms. The highest BCUT2D eigenvalue weighted by Crippen LogP contribution is 2.45. The van der Waals surface area contributed by atoms with E-state index in [0.29, 0.717) is 30.9 Å². The standard InChI is InChI=1S/C19H18F3NO4/c20-19(21,22)26-16-3-1-2-14(12-16)4-5-15-13-17(27-23-15)6-8-18(9-7-17)24-10-11-25-18/h1-3,12H,6-11,13H2. The van der Waals surface area contributed by atoms with Gasteiger partial charge in [-0.1, -0.05) is 17.1 Å². The maximum Gasteiger partial charge on any atom is 0.573 e. The normalized spacial score (nSPS) is 22.9. The van der Waals surface area contributed by atoms with Crippen LogP contribution in [-0.2, 0) is 14.3 Å². The van der Waals surface area contributed by atoms with Crippen LogP contribution in [0.2, 0.25) is 0 Å². The summed E-state index contributed by atoms with van der Waals surface area (Å²) >= 11 is 0. The minimum absolute atomic E-state index is 0.301. The molecule has 3 aliphatic rings. The van der Waals surface area contributed by atoms with E-state index < -0.39 is 12.1 Å². The van der Waals surface area contributed by atoms with Gasteiger partial charge < -0.3 is 19.0 Å². The molecule has 0 unspecified atom stereocenters. The molecule has 2 heterocycles. The van der Waals surface area contributed by atoms with Crippen molar-refractivity contribution in [2.45, 2.75) is 49.9 Å². The molecule has 1 aliphatic carbocycles. The van der Waals surface area contributed by atoms with Crippen LogP contribution in [0.5, 0.6) is 5.75 Å². The van der Waals surface area contributed by atoms with E-state index in [1.165, 1.54) is 18.2 Å². The molecule has 2 fully saturated rings. The molecule has 8 heteroatoms. The second-order valence-electron chi connectivity index (χ2n) is 6.92. The first-order valence-corrected chi connectivity index (χ1v) is 8.76. The van der Waals surface area contributed by atoms with E-state index in [1.54, 1.807) is 6.07 Å². The van der Waals surface area contributed by atoms with Gasteiger partial charge in [-0.3, -0.25) is 0 Å². The number of benzene rings is 1. The molecule has 2 aliphatic heterocycles. The molecule has 0 bridgehead atoms. The zero-order chi connectivity index (χ0) is 19.0. The predicted molar refractivity (Wildman–Crippen MR) is 89.0 cm³/mol. The Bertz CT molecular complexity index is 793. The smallest absolute Gasteiger partial charge is 0.406 e. The third-order valence-electron chi connectivity index (χ3n) is 4.99. The van der Waals surface area contributed by atoms with Crippen LogP contribution in [0.1, 0.15) is 37.7 Å². The number of oxime groups is 1. The van der Waals surface area contributed by atoms with Gasteiger partial charge in [-0.25, -0.2) is 0 Å². The summed E-state index contributed by atoms with van der Waals surface area (Å²) in [5.74, 6) is 4.95. The summed E-state index contributed by atoms with van der Waals surface area (Å²) < 4.78 is 52.3. The lowest BCUT2D eigenvalue weighted by molar-refractivity contribution is -0.274. The van der Waals surface area contributed by atoms with E-state index in [0.717, 1.165) is 25.7 Å². The Morgan fingerprint density at radius 2 is 1.78 bits per heavy atom. The van der Waals surface area contributed by atoms with Crippen molar-refractivity contribution in [3.63, 3.8) is 0 Å². The topological polar surface area (TPSA) is 49.3 Å². The molecule has 0 radical (unpaired) electrons. The van der Waals surface area contributed by atoms with Gasteiger partial charge in [0.05, 0.1) is 13.2 Å². The first-order valence-electron chi connectivity index (χ1n) is 8.76. The van der Waals surface area contributed by atoms with Crippen molar-refractivity contribution in [1.82, 2.24) is 0 Å². The Hall–Kier alpha value is -2.24. The minimum atomic E-state index is -4.73. The van der Waals surface area contributed by atoms with Gasteiger partial charge in [0.1, 0.15) is 17.1 Å². The van der Waals surface area contributed by atoms with E-state index in [1.807, 2.05) is 0 Å². The fraction of sp³-hybridized carbons (Fsp3) is 0.526. The van der Waals surface area contributed by atoms with Crippen LogP contribution in [-0.4, -0.2) is 36.7 Å². The Kier molecular flexibility index (Phi) is 4.52. The van der Waals surface area contributed by atoms with Gasteiger partial charge in [0.15, 0.2) is 5.79 Å². The van der Waals surface area contributed by atoms with E-state index in [2.05, 4.69) is 21.7 Å². The fourth-order valence-electron chi connectivity index (χ4n) is 3.64. The summed E-state index contributed by atoms with van der Waals surface area (Å²) in [6, 6.07) is 5.55. The monoisotopic (exact) mass is 381 g/mol. The molecule has 0 aromatic heterocycles. The summed E-state index contributed by atoms with van der Waals surface area (Å²) in [6.45, 7) is 1.25. The highest BCUT2D eigenvalue weighted by molar-refractivity contribution is 6.01. The van der Waals surface area contributed by atoms with Crippen LogP contribution in [0, 0.1) is 11.8 Å². The molecule has 144 valence electrons. The number of nitrogens with zero attached hydrogens (tertiary/aromatic N) is 1. The number of alkyl halides is 3. The third kappa shape index (κ3) is 4.20. The van der Waals surface area contributed by atoms with Crippen molar-refractivity contribution in [2.75, 3.05) is 13.2 Å². The van der Waals surface area contributed by atoms with E-state index in [9.17, 15) is 13.2 Å². The Balaban J connectivity index is 1.38. The van der Waals surface area contributed by atoms with Gasteiger partial charge in [0.2, 0.25) is 0 Å². The zero-order valence-electron chi connectivity index (χ0n) is 14.5. The average molecular weight is 381 g/mol. The Labute approximate surface area is 154 Å². The van der Waals surface area contributed by atoms with Crippen LogP contribution in [0.15, 0.2) is 29.4 Å². The fourth-order valence-corrected chi connectivity index (χ4v) is 3.64. The average Bonchev–Trinajstić information content (AvgIpc) is 3.23. The number of ether oxygens (including phenoxy) is 3. The van der Waals surface area contributed by atoms with Crippen molar-refractivity contribution in [3.8, 4) is 17.6 Å². The summed E-state index contributed by atoms with van der Waals surface area (Å²) in [5, 5.41) is 4.07. The summed E-state index contributed by atoms with van der Waals surface area (Å²) in [4.78, 5) is 5.68. The van der Waals surface area contributed by atoms with Crippen molar-refractivity contribution in [3.05, 3.63) is 29.8 Å². The first kappa shape index (κ1) is 18.1. The molecule has 0 N–H and O–H groups in total. The van der Waals surface area contributed by atoms with Gasteiger partial charge in [0.25, 0.3) is 0 Å². The third-order valence-corrected chi connectivity index (χ3v) is 4.99. The van der Waals surface area contributed by atoms with Crippen LogP contribution in [0.25, 0.3) is 0 Å². The molecular weight excluding hydrogens is 363 g/mol. The van der Waals surface area contributed by atoms with Gasteiger partial charge in [-0.2, -0.15) is 0 Å². The van der Waals surface area contributed by atoms with Gasteiger partial charge in [-0.15, -0.1) is 13.2 Å². The van der Waals surface area contributed by atoms with Gasteiger partial charge >= 0.3 is 6.36 Å². The van der Waals surface area contributed by atoms with Crippen molar-refractivity contribution >= 4 is 5.71 Å². The van der Waals surface area contributed by atoms with E-state index in [-0.39, 0.29) is 11.4 Å². The molecule has 0 atom stereocenters. The molecule has 5 nitrogen and oxygen atoms in total. The number of hydrogen-bond acceptors (Lipinski definition) is 5. The predicted octanol–water partition coefficient (Wildman–Crippen LogP) is 3.77. The SMILES string of the molecule is FC(F)(F)Oc1cccc(C#CC2=NOC3(CCC4(CC3)OCCO4)C2)c1. The number of hydrogen-bond donors (Lipinski definition) is 0. The molecule has 1 saturated carbocycles. The van der Waals surface area contributed by atoms with Crippen molar-refractivity contribution in [1.29, 1.82) is 0 Å². The maximum absolute atomic E-state index is 12.3. The molecular formula is C19H18F3NO4. The Morgan fingerprint density at radius 3 is 2.48 bits per heavy atom. The van der Waals surface area contributed by atoms with Crippen LogP contribution >= 0.6 is 0 Å². The highest BCUT2D eigenvalue weighted by atomic mass is 19.4. The second-order valence-corrected chi connectivity index (χ2v) is 6.92. The van der Waals surface area contributed by atoms with Crippen LogP contribution in [0.4, 0.5) is 13.2 Å². The summed E-state index contributed by atoms with van der Waals surface area (Å²) in [5.41, 5.74) is 0.614. The molecule has 2 spiro atoms. The summed E-state index contributed by atoms with van der Waals surface area (Å²) in [6.07, 6.45) is -1.13. The first-order chi connectivity index (χ1) is 12.9. The van der Waals surface area contributed by atoms with Crippen LogP contribution in [0.3, 0.4) is 0 Å². The molecule has 0 amide bonds. The number of rotatable bonds is 1. The van der Waals surface area contributed by atoms with E-state index >= 15 is 0 Å². The number of halogens is 3. The molecule has 4 rings (SSSR count). The van der Waals surface area contributed by atoms with E-state index in [4.69, 9.17) is 14.3 Å². The zero-order valence-corrected chi connectivity index (χ0v) is 14.5. The molecule has 1 aromatic rings. The molecule has 1 saturated heterocycles. The van der Waals surface area contributed by atoms with Gasteiger partial charge in [0, 0.05) is 24.8 Å². The Morgan fingerprint density at radius 1 is 1.04 bits per heavy atom. The lowest BCUT2D eigenvalue weighted by Gasteiger charge is -2.39. The van der Waals surface area contributed by atoms with Crippen LogP contribution < -0.4 is 4.74 Å². The second kappa shape index (κ2) is 6.73.